The van der Waals surface area contributed by atoms with E-state index in [2.05, 4.69) is 45.1 Å². The van der Waals surface area contributed by atoms with Gasteiger partial charge in [-0.25, -0.2) is 0 Å². The number of nitrogens with zero attached hydrogens (tertiary/aromatic N) is 3. The number of amides is 1. The molecule has 0 bridgehead atoms. The molecule has 0 N–H and O–H groups in total. The highest BCUT2D eigenvalue weighted by molar-refractivity contribution is 5.73. The summed E-state index contributed by atoms with van der Waals surface area (Å²) in [6.45, 7) is 6.49. The van der Waals surface area contributed by atoms with E-state index in [-0.39, 0.29) is 11.3 Å². The lowest BCUT2D eigenvalue weighted by atomic mass is 9.73. The Morgan fingerprint density at radius 3 is 2.58 bits per heavy atom. The smallest absolute Gasteiger partial charge is 0.219 e. The van der Waals surface area contributed by atoms with Gasteiger partial charge in [0.15, 0.2) is 0 Å². The lowest BCUT2D eigenvalue weighted by Gasteiger charge is -2.43. The Kier molecular flexibility index (Phi) is 4.77. The van der Waals surface area contributed by atoms with Gasteiger partial charge in [-0.15, -0.1) is 0 Å². The molecule has 2 aromatic rings. The van der Waals surface area contributed by atoms with Crippen LogP contribution in [0.3, 0.4) is 0 Å². The van der Waals surface area contributed by atoms with Gasteiger partial charge in [0.25, 0.3) is 0 Å². The van der Waals surface area contributed by atoms with Gasteiger partial charge >= 0.3 is 0 Å². The third kappa shape index (κ3) is 3.65. The highest BCUT2D eigenvalue weighted by Crippen LogP contribution is 2.39. The zero-order chi connectivity index (χ0) is 18.0. The van der Waals surface area contributed by atoms with Gasteiger partial charge in [0.05, 0.1) is 0 Å². The Hall–Kier alpha value is -2.20. The maximum Gasteiger partial charge on any atom is 0.219 e. The van der Waals surface area contributed by atoms with E-state index in [9.17, 15) is 4.79 Å². The second kappa shape index (κ2) is 7.20. The minimum atomic E-state index is 0.193. The summed E-state index contributed by atoms with van der Waals surface area (Å²) >= 11 is 0. The molecule has 0 radical (unpaired) electrons. The number of hydrogen-bond acceptors (Lipinski definition) is 3. The van der Waals surface area contributed by atoms with Crippen molar-refractivity contribution in [3.8, 4) is 0 Å². The number of aromatic nitrogens is 1. The van der Waals surface area contributed by atoms with Crippen LogP contribution in [0.5, 0.6) is 0 Å². The maximum absolute atomic E-state index is 12.2. The normalized spacial score (nSPS) is 19.8. The molecule has 0 aliphatic carbocycles. The van der Waals surface area contributed by atoms with Crippen LogP contribution in [-0.4, -0.2) is 40.3 Å². The number of carbonyl (C=O) groups excluding carboxylic acids is 1. The Morgan fingerprint density at radius 2 is 1.88 bits per heavy atom. The number of rotatable bonds is 2. The van der Waals surface area contributed by atoms with Gasteiger partial charge in [0.1, 0.15) is 0 Å². The molecule has 0 atom stereocenters. The molecule has 26 heavy (non-hydrogen) atoms. The van der Waals surface area contributed by atoms with Gasteiger partial charge in [-0.2, -0.15) is 0 Å². The average Bonchev–Trinajstić information content (AvgIpc) is 2.81. The summed E-state index contributed by atoms with van der Waals surface area (Å²) in [5.41, 5.74) is 4.23. The predicted molar refractivity (Wildman–Crippen MR) is 102 cm³/mol. The van der Waals surface area contributed by atoms with Crippen molar-refractivity contribution in [3.63, 3.8) is 0 Å². The maximum atomic E-state index is 12.2. The summed E-state index contributed by atoms with van der Waals surface area (Å²) < 4.78 is 0. The molecule has 136 valence electrons. The van der Waals surface area contributed by atoms with Crippen LogP contribution in [0.15, 0.2) is 48.8 Å². The summed E-state index contributed by atoms with van der Waals surface area (Å²) in [6, 6.07) is 12.8. The molecule has 4 nitrogen and oxygen atoms in total. The molecule has 4 rings (SSSR count). The minimum absolute atomic E-state index is 0.193. The van der Waals surface area contributed by atoms with Crippen LogP contribution >= 0.6 is 0 Å². The van der Waals surface area contributed by atoms with Gasteiger partial charge < -0.3 is 4.90 Å². The number of pyridine rings is 1. The fourth-order valence-electron chi connectivity index (χ4n) is 4.50. The monoisotopic (exact) mass is 349 g/mol. The quantitative estimate of drug-likeness (QED) is 0.835. The molecule has 0 unspecified atom stereocenters. The molecule has 1 fully saturated rings. The third-order valence-electron chi connectivity index (χ3n) is 6.06. The number of benzene rings is 1. The first-order valence-electron chi connectivity index (χ1n) is 9.57. The van der Waals surface area contributed by atoms with Crippen LogP contribution in [-0.2, 0) is 24.3 Å². The van der Waals surface area contributed by atoms with Crippen molar-refractivity contribution < 1.29 is 4.79 Å². The van der Waals surface area contributed by atoms with Gasteiger partial charge in [0.2, 0.25) is 5.91 Å². The van der Waals surface area contributed by atoms with Crippen molar-refractivity contribution in [2.75, 3.05) is 19.6 Å². The number of carbonyl (C=O) groups is 1. The van der Waals surface area contributed by atoms with Crippen LogP contribution in [0.4, 0.5) is 0 Å². The molecule has 1 spiro atoms. The highest BCUT2D eigenvalue weighted by Gasteiger charge is 2.39. The van der Waals surface area contributed by atoms with E-state index >= 15 is 0 Å². The molecule has 1 aromatic carbocycles. The third-order valence-corrected chi connectivity index (χ3v) is 6.06. The fourth-order valence-corrected chi connectivity index (χ4v) is 4.50. The van der Waals surface area contributed by atoms with E-state index in [1.54, 1.807) is 6.92 Å². The lowest BCUT2D eigenvalue weighted by Crippen LogP contribution is -2.46. The molecule has 1 saturated heterocycles. The Balaban J connectivity index is 1.50. The van der Waals surface area contributed by atoms with Crippen molar-refractivity contribution in [3.05, 3.63) is 65.5 Å². The highest BCUT2D eigenvalue weighted by atomic mass is 16.2. The summed E-state index contributed by atoms with van der Waals surface area (Å²) in [7, 11) is 0. The van der Waals surface area contributed by atoms with Gasteiger partial charge in [0, 0.05) is 39.0 Å². The summed E-state index contributed by atoms with van der Waals surface area (Å²) in [5, 5.41) is 0. The first kappa shape index (κ1) is 17.2. The fraction of sp³-hybridized carbons (Fsp3) is 0.455. The second-order valence-electron chi connectivity index (χ2n) is 7.96. The number of piperidine rings is 1. The van der Waals surface area contributed by atoms with Crippen molar-refractivity contribution in [1.82, 2.24) is 14.8 Å². The van der Waals surface area contributed by atoms with Crippen LogP contribution in [0.2, 0.25) is 0 Å². The summed E-state index contributed by atoms with van der Waals surface area (Å²) in [4.78, 5) is 21.0. The molecule has 1 aromatic heterocycles. The van der Waals surface area contributed by atoms with E-state index in [0.717, 1.165) is 52.0 Å². The molecule has 1 amide bonds. The van der Waals surface area contributed by atoms with Crippen molar-refractivity contribution in [1.29, 1.82) is 0 Å². The van der Waals surface area contributed by atoms with Gasteiger partial charge in [-0.05, 0) is 60.5 Å². The molecule has 2 aliphatic heterocycles. The zero-order valence-electron chi connectivity index (χ0n) is 15.5. The Morgan fingerprint density at radius 1 is 1.12 bits per heavy atom. The van der Waals surface area contributed by atoms with Gasteiger partial charge in [-0.3, -0.25) is 14.7 Å². The average molecular weight is 349 g/mol. The lowest BCUT2D eigenvalue weighted by molar-refractivity contribution is -0.131. The van der Waals surface area contributed by atoms with E-state index in [1.807, 2.05) is 18.5 Å². The van der Waals surface area contributed by atoms with Gasteiger partial charge in [-0.1, -0.05) is 30.3 Å². The topological polar surface area (TPSA) is 36.4 Å². The van der Waals surface area contributed by atoms with Crippen LogP contribution in [0, 0.1) is 5.41 Å². The van der Waals surface area contributed by atoms with E-state index < -0.39 is 0 Å². The summed E-state index contributed by atoms with van der Waals surface area (Å²) in [6.07, 6.45) is 7.17. The molecule has 4 heteroatoms. The zero-order valence-corrected chi connectivity index (χ0v) is 15.5. The van der Waals surface area contributed by atoms with E-state index in [1.165, 1.54) is 16.7 Å². The van der Waals surface area contributed by atoms with Crippen molar-refractivity contribution in [2.45, 2.75) is 39.3 Å². The standard InChI is InChI=1S/C22H27N3O/c1-18(26)25-16-21-7-3-2-6-20(21)13-22(17-25)8-11-24(12-9-22)15-19-5-4-10-23-14-19/h2-7,10,14H,8-9,11-13,15-17H2,1H3. The molecular formula is C22H27N3O. The van der Waals surface area contributed by atoms with Crippen LogP contribution in [0.25, 0.3) is 0 Å². The first-order chi connectivity index (χ1) is 12.6. The SMILES string of the molecule is CC(=O)N1Cc2ccccc2CC2(CCN(Cc3cccnc3)CC2)C1. The Labute approximate surface area is 155 Å². The molecule has 3 heterocycles. The molecule has 2 aliphatic rings. The van der Waals surface area contributed by atoms with Crippen LogP contribution in [0.1, 0.15) is 36.5 Å². The minimum Gasteiger partial charge on any atom is -0.338 e. The number of hydrogen-bond donors (Lipinski definition) is 0. The van der Waals surface area contributed by atoms with Crippen LogP contribution < -0.4 is 0 Å². The first-order valence-corrected chi connectivity index (χ1v) is 9.57. The second-order valence-corrected chi connectivity index (χ2v) is 7.96. The predicted octanol–water partition coefficient (Wildman–Crippen LogP) is 3.27. The molecule has 0 saturated carbocycles. The largest absolute Gasteiger partial charge is 0.338 e. The Bertz CT molecular complexity index is 766. The summed E-state index contributed by atoms with van der Waals surface area (Å²) in [5.74, 6) is 0.193. The van der Waals surface area contributed by atoms with E-state index in [0.29, 0.717) is 0 Å². The van der Waals surface area contributed by atoms with E-state index in [4.69, 9.17) is 0 Å². The number of likely N-dealkylation sites (tertiary alicyclic amines) is 1. The van der Waals surface area contributed by atoms with Crippen molar-refractivity contribution >= 4 is 5.91 Å². The van der Waals surface area contributed by atoms with Crippen molar-refractivity contribution in [2.24, 2.45) is 5.41 Å². The number of fused-ring (bicyclic) bond motifs is 1. The molecular weight excluding hydrogens is 322 g/mol.